The van der Waals surface area contributed by atoms with E-state index in [0.29, 0.717) is 16.6 Å². The first-order chi connectivity index (χ1) is 13.1. The van der Waals surface area contributed by atoms with E-state index in [-0.39, 0.29) is 46.2 Å². The number of nitro groups is 1. The number of aromatic hydroxyl groups is 1. The molecule has 0 atom stereocenters. The number of carbonyl (C=O) groups is 1. The van der Waals surface area contributed by atoms with Crippen LogP contribution in [-0.2, 0) is 10.1 Å². The van der Waals surface area contributed by atoms with E-state index >= 15 is 0 Å². The standard InChI is InChI=1S/C18H14N2O7S.Na/c1-10-6-12(3-5-16(10)20(23)24)18(22)19-13-4-2-11-7-14(28(25,26)27)9-17(21)15(11)8-13;/h2-9,21H,1H3,(H,19,22)(H,25,26,27);/q;+1/p-1. The second kappa shape index (κ2) is 8.47. The Bertz CT molecular complexity index is 1240. The van der Waals surface area contributed by atoms with Crippen molar-refractivity contribution in [2.75, 3.05) is 5.32 Å². The van der Waals surface area contributed by atoms with Crippen LogP contribution >= 0.6 is 0 Å². The van der Waals surface area contributed by atoms with Gasteiger partial charge in [0.15, 0.2) is 0 Å². The van der Waals surface area contributed by atoms with Crippen molar-refractivity contribution < 1.29 is 57.4 Å². The second-order valence-corrected chi connectivity index (χ2v) is 7.42. The molecule has 0 saturated heterocycles. The van der Waals surface area contributed by atoms with Crippen molar-refractivity contribution in [3.63, 3.8) is 0 Å². The monoisotopic (exact) mass is 424 g/mol. The van der Waals surface area contributed by atoms with Crippen LogP contribution in [0.5, 0.6) is 5.75 Å². The Hall–Kier alpha value is -2.50. The molecule has 0 spiro atoms. The zero-order valence-corrected chi connectivity index (χ0v) is 18.2. The van der Waals surface area contributed by atoms with Crippen LogP contribution in [-0.4, -0.2) is 28.9 Å². The number of hydrogen-bond acceptors (Lipinski definition) is 7. The number of benzene rings is 3. The number of carbonyl (C=O) groups excluding carboxylic acids is 1. The maximum absolute atomic E-state index is 12.4. The molecule has 3 rings (SSSR count). The summed E-state index contributed by atoms with van der Waals surface area (Å²) < 4.78 is 33.4. The van der Waals surface area contributed by atoms with Gasteiger partial charge in [-0.3, -0.25) is 14.9 Å². The molecule has 144 valence electrons. The summed E-state index contributed by atoms with van der Waals surface area (Å²) in [5.41, 5.74) is 0.748. The maximum Gasteiger partial charge on any atom is 1.00 e. The first-order valence-electron chi connectivity index (χ1n) is 7.85. The number of phenolic OH excluding ortho intramolecular Hbond substituents is 1. The van der Waals surface area contributed by atoms with Gasteiger partial charge in [0.25, 0.3) is 11.6 Å². The fourth-order valence-electron chi connectivity index (χ4n) is 2.74. The van der Waals surface area contributed by atoms with Gasteiger partial charge in [-0.1, -0.05) is 6.07 Å². The summed E-state index contributed by atoms with van der Waals surface area (Å²) in [6.45, 7) is 1.52. The van der Waals surface area contributed by atoms with Crippen LogP contribution in [0.15, 0.2) is 53.4 Å². The average Bonchev–Trinajstić information content (AvgIpc) is 2.60. The number of aryl methyl sites for hydroxylation is 1. The third-order valence-electron chi connectivity index (χ3n) is 4.11. The normalized spacial score (nSPS) is 11.0. The number of fused-ring (bicyclic) bond motifs is 1. The van der Waals surface area contributed by atoms with E-state index in [0.717, 1.165) is 12.1 Å². The molecule has 11 heteroatoms. The van der Waals surface area contributed by atoms with Gasteiger partial charge in [-0.25, -0.2) is 8.42 Å². The summed E-state index contributed by atoms with van der Waals surface area (Å²) >= 11 is 0. The molecule has 0 bridgehead atoms. The summed E-state index contributed by atoms with van der Waals surface area (Å²) in [6.07, 6.45) is 0. The quantitative estimate of drug-likeness (QED) is 0.257. The molecule has 29 heavy (non-hydrogen) atoms. The van der Waals surface area contributed by atoms with Gasteiger partial charge < -0.3 is 15.0 Å². The average molecular weight is 424 g/mol. The van der Waals surface area contributed by atoms with Gasteiger partial charge in [-0.05, 0) is 48.7 Å². The van der Waals surface area contributed by atoms with Crippen LogP contribution in [0.2, 0.25) is 0 Å². The number of rotatable bonds is 4. The zero-order chi connectivity index (χ0) is 20.6. The molecule has 0 aliphatic heterocycles. The van der Waals surface area contributed by atoms with Crippen molar-refractivity contribution in [1.29, 1.82) is 0 Å². The van der Waals surface area contributed by atoms with Gasteiger partial charge in [0.05, 0.1) is 9.82 Å². The number of nitro benzene ring substituents is 1. The van der Waals surface area contributed by atoms with Gasteiger partial charge in [0.1, 0.15) is 15.9 Å². The van der Waals surface area contributed by atoms with Gasteiger partial charge in [0, 0.05) is 28.3 Å². The van der Waals surface area contributed by atoms with Gasteiger partial charge in [-0.15, -0.1) is 0 Å². The molecule has 0 saturated carbocycles. The molecule has 1 amide bonds. The minimum Gasteiger partial charge on any atom is -0.744 e. The first kappa shape index (κ1) is 22.8. The van der Waals surface area contributed by atoms with Crippen LogP contribution in [0.25, 0.3) is 10.8 Å². The number of nitrogens with one attached hydrogen (secondary N) is 1. The first-order valence-corrected chi connectivity index (χ1v) is 9.26. The Morgan fingerprint density at radius 3 is 2.38 bits per heavy atom. The van der Waals surface area contributed by atoms with E-state index in [1.165, 1.54) is 43.3 Å². The Labute approximate surface area is 187 Å². The number of hydrogen-bond donors (Lipinski definition) is 2. The molecule has 0 radical (unpaired) electrons. The summed E-state index contributed by atoms with van der Waals surface area (Å²) in [5, 5.41) is 24.0. The van der Waals surface area contributed by atoms with Crippen molar-refractivity contribution in [3.05, 3.63) is 69.8 Å². The fourth-order valence-corrected chi connectivity index (χ4v) is 3.27. The van der Waals surface area contributed by atoms with Crippen LogP contribution < -0.4 is 34.9 Å². The molecular formula is C18H13N2NaO7S. The number of amides is 1. The van der Waals surface area contributed by atoms with Crippen LogP contribution in [0.4, 0.5) is 11.4 Å². The third kappa shape index (κ3) is 4.92. The van der Waals surface area contributed by atoms with E-state index in [9.17, 15) is 33.0 Å². The van der Waals surface area contributed by atoms with Crippen molar-refractivity contribution in [2.45, 2.75) is 11.8 Å². The Morgan fingerprint density at radius 2 is 1.79 bits per heavy atom. The summed E-state index contributed by atoms with van der Waals surface area (Å²) in [5.74, 6) is -0.940. The molecule has 0 heterocycles. The molecule has 0 fully saturated rings. The van der Waals surface area contributed by atoms with Crippen molar-refractivity contribution in [3.8, 4) is 5.75 Å². The Balaban J connectivity index is 0.00000300. The Kier molecular flexibility index (Phi) is 6.66. The molecule has 0 aliphatic carbocycles. The van der Waals surface area contributed by atoms with E-state index in [1.807, 2.05) is 0 Å². The smallest absolute Gasteiger partial charge is 0.744 e. The van der Waals surface area contributed by atoms with Crippen LogP contribution in [0.3, 0.4) is 0 Å². The molecule has 3 aromatic carbocycles. The zero-order valence-electron chi connectivity index (χ0n) is 15.4. The Morgan fingerprint density at radius 1 is 1.10 bits per heavy atom. The van der Waals surface area contributed by atoms with Crippen molar-refractivity contribution >= 4 is 38.2 Å². The molecule has 0 aromatic heterocycles. The molecule has 2 N–H and O–H groups in total. The minimum atomic E-state index is -4.72. The van der Waals surface area contributed by atoms with E-state index in [4.69, 9.17) is 0 Å². The maximum atomic E-state index is 12.4. The van der Waals surface area contributed by atoms with E-state index < -0.39 is 31.6 Å². The van der Waals surface area contributed by atoms with Gasteiger partial charge in [0.2, 0.25) is 0 Å². The number of anilines is 1. The second-order valence-electron chi connectivity index (χ2n) is 6.04. The van der Waals surface area contributed by atoms with E-state index in [1.54, 1.807) is 0 Å². The largest absolute Gasteiger partial charge is 1.00 e. The van der Waals surface area contributed by atoms with Gasteiger partial charge in [-0.2, -0.15) is 0 Å². The molecule has 0 unspecified atom stereocenters. The predicted octanol–water partition coefficient (Wildman–Crippen LogP) is -0.0776. The topological polar surface area (TPSA) is 150 Å². The number of nitrogens with zero attached hydrogens (tertiary/aromatic N) is 1. The van der Waals surface area contributed by atoms with E-state index in [2.05, 4.69) is 5.32 Å². The minimum absolute atomic E-state index is 0. The van der Waals surface area contributed by atoms with Crippen LogP contribution in [0.1, 0.15) is 15.9 Å². The fraction of sp³-hybridized carbons (Fsp3) is 0.0556. The third-order valence-corrected chi connectivity index (χ3v) is 4.92. The SMILES string of the molecule is Cc1cc(C(=O)Nc2ccc3cc(S(=O)(=O)[O-])cc(O)c3c2)ccc1[N+](=O)[O-].[Na+]. The van der Waals surface area contributed by atoms with Crippen LogP contribution in [0, 0.1) is 17.0 Å². The summed E-state index contributed by atoms with van der Waals surface area (Å²) in [6, 6.07) is 10.3. The number of phenols is 1. The van der Waals surface area contributed by atoms with Crippen molar-refractivity contribution in [2.24, 2.45) is 0 Å². The summed E-state index contributed by atoms with van der Waals surface area (Å²) in [4.78, 5) is 22.1. The summed E-state index contributed by atoms with van der Waals surface area (Å²) in [7, 11) is -4.72. The van der Waals surface area contributed by atoms with Gasteiger partial charge >= 0.3 is 29.6 Å². The predicted molar refractivity (Wildman–Crippen MR) is 99.4 cm³/mol. The molecule has 3 aromatic rings. The van der Waals surface area contributed by atoms with Crippen molar-refractivity contribution in [1.82, 2.24) is 0 Å². The molecule has 0 aliphatic rings. The molecular weight excluding hydrogens is 411 g/mol. The molecule has 9 nitrogen and oxygen atoms in total.